The maximum atomic E-state index is 13.5. The van der Waals surface area contributed by atoms with E-state index in [-0.39, 0.29) is 17.3 Å². The van der Waals surface area contributed by atoms with Crippen LogP contribution in [0.2, 0.25) is 5.02 Å². The number of carbonyl (C=O) groups excluding carboxylic acids is 1. The Bertz CT molecular complexity index is 1260. The van der Waals surface area contributed by atoms with Gasteiger partial charge in [-0.1, -0.05) is 53.6 Å². The summed E-state index contributed by atoms with van der Waals surface area (Å²) in [6.07, 6.45) is 0. The Labute approximate surface area is 206 Å². The topological polar surface area (TPSA) is 60.9 Å². The molecular weight excluding hydrogens is 470 g/mol. The van der Waals surface area contributed by atoms with E-state index in [9.17, 15) is 13.2 Å². The summed E-state index contributed by atoms with van der Waals surface area (Å²) >= 11 is 6.18. The Morgan fingerprint density at radius 3 is 2.21 bits per heavy atom. The molecular formula is C26H28ClN3O3S. The maximum Gasteiger partial charge on any atom is 0.264 e. The van der Waals surface area contributed by atoms with Crippen molar-refractivity contribution in [1.82, 2.24) is 4.90 Å². The van der Waals surface area contributed by atoms with Crippen molar-refractivity contribution in [2.45, 2.75) is 18.7 Å². The van der Waals surface area contributed by atoms with E-state index in [1.165, 1.54) is 4.31 Å². The number of anilines is 2. The second kappa shape index (κ2) is 10.1. The number of nitrogens with zero attached hydrogens (tertiary/aromatic N) is 3. The summed E-state index contributed by atoms with van der Waals surface area (Å²) in [7, 11) is -3.90. The van der Waals surface area contributed by atoms with Gasteiger partial charge in [-0.15, -0.1) is 0 Å². The van der Waals surface area contributed by atoms with Gasteiger partial charge in [-0.25, -0.2) is 8.42 Å². The maximum absolute atomic E-state index is 13.5. The molecule has 3 aromatic rings. The van der Waals surface area contributed by atoms with Gasteiger partial charge in [0.05, 0.1) is 10.6 Å². The standard InChI is InChI=1S/C26H28ClN3O3S/c1-20-8-12-23(13-9-20)30(34(32,33)24-6-4-3-5-7-24)19-26(31)29-16-14-28(15-17-29)25-18-22(27)11-10-21(25)2/h3-13,18H,14-17,19H2,1-2H3. The van der Waals surface area contributed by atoms with Crippen LogP contribution in [-0.4, -0.2) is 51.9 Å². The first kappa shape index (κ1) is 24.1. The van der Waals surface area contributed by atoms with Crippen molar-refractivity contribution in [3.05, 3.63) is 88.9 Å². The number of hydrogen-bond donors (Lipinski definition) is 0. The fourth-order valence-electron chi connectivity index (χ4n) is 4.09. The van der Waals surface area contributed by atoms with Crippen LogP contribution >= 0.6 is 11.6 Å². The summed E-state index contributed by atoms with van der Waals surface area (Å²) in [5.74, 6) is -0.220. The van der Waals surface area contributed by atoms with Crippen LogP contribution in [0, 0.1) is 13.8 Å². The Morgan fingerprint density at radius 1 is 0.912 bits per heavy atom. The SMILES string of the molecule is Cc1ccc(N(CC(=O)N2CCN(c3cc(Cl)ccc3C)CC2)S(=O)(=O)c2ccccc2)cc1. The molecule has 0 aromatic heterocycles. The zero-order chi connectivity index (χ0) is 24.3. The van der Waals surface area contributed by atoms with Crippen LogP contribution < -0.4 is 9.21 Å². The van der Waals surface area contributed by atoms with E-state index in [2.05, 4.69) is 4.90 Å². The summed E-state index contributed by atoms with van der Waals surface area (Å²) in [5, 5.41) is 0.680. The van der Waals surface area contributed by atoms with Crippen LogP contribution in [0.5, 0.6) is 0 Å². The number of aryl methyl sites for hydroxylation is 2. The molecule has 8 heteroatoms. The van der Waals surface area contributed by atoms with Gasteiger partial charge in [0.25, 0.3) is 10.0 Å². The number of benzene rings is 3. The zero-order valence-electron chi connectivity index (χ0n) is 19.3. The number of sulfonamides is 1. The molecule has 1 aliphatic heterocycles. The lowest BCUT2D eigenvalue weighted by molar-refractivity contribution is -0.129. The fourth-order valence-corrected chi connectivity index (χ4v) is 5.69. The molecule has 3 aromatic carbocycles. The van der Waals surface area contributed by atoms with Crippen LogP contribution in [0.25, 0.3) is 0 Å². The average Bonchev–Trinajstić information content (AvgIpc) is 2.85. The van der Waals surface area contributed by atoms with E-state index in [0.717, 1.165) is 16.8 Å². The summed E-state index contributed by atoms with van der Waals surface area (Å²) in [6, 6.07) is 21.2. The molecule has 34 heavy (non-hydrogen) atoms. The molecule has 1 heterocycles. The molecule has 4 rings (SSSR count). The molecule has 1 saturated heterocycles. The largest absolute Gasteiger partial charge is 0.368 e. The minimum atomic E-state index is -3.90. The highest BCUT2D eigenvalue weighted by Crippen LogP contribution is 2.27. The van der Waals surface area contributed by atoms with Gasteiger partial charge in [-0.05, 0) is 55.8 Å². The number of halogens is 1. The van der Waals surface area contributed by atoms with Crippen LogP contribution in [0.1, 0.15) is 11.1 Å². The fraction of sp³-hybridized carbons (Fsp3) is 0.269. The zero-order valence-corrected chi connectivity index (χ0v) is 20.9. The highest BCUT2D eigenvalue weighted by molar-refractivity contribution is 7.92. The Morgan fingerprint density at radius 2 is 1.56 bits per heavy atom. The first-order valence-electron chi connectivity index (χ1n) is 11.2. The molecule has 6 nitrogen and oxygen atoms in total. The lowest BCUT2D eigenvalue weighted by Crippen LogP contribution is -2.52. The van der Waals surface area contributed by atoms with Gasteiger partial charge in [-0.2, -0.15) is 0 Å². The van der Waals surface area contributed by atoms with Gasteiger partial charge >= 0.3 is 0 Å². The van der Waals surface area contributed by atoms with E-state index in [1.54, 1.807) is 47.4 Å². The third-order valence-electron chi connectivity index (χ3n) is 6.08. The van der Waals surface area contributed by atoms with Crippen molar-refractivity contribution in [3.8, 4) is 0 Å². The Hall–Kier alpha value is -3.03. The first-order valence-corrected chi connectivity index (χ1v) is 13.0. The van der Waals surface area contributed by atoms with Crippen molar-refractivity contribution < 1.29 is 13.2 Å². The number of amides is 1. The smallest absolute Gasteiger partial charge is 0.264 e. The van der Waals surface area contributed by atoms with Gasteiger partial charge in [0.1, 0.15) is 6.54 Å². The first-order chi connectivity index (χ1) is 16.3. The van der Waals surface area contributed by atoms with E-state index < -0.39 is 10.0 Å². The highest BCUT2D eigenvalue weighted by Gasteiger charge is 2.30. The summed E-state index contributed by atoms with van der Waals surface area (Å²) < 4.78 is 28.2. The predicted octanol–water partition coefficient (Wildman–Crippen LogP) is 4.50. The number of piperazine rings is 1. The molecule has 0 saturated carbocycles. The molecule has 0 N–H and O–H groups in total. The molecule has 0 unspecified atom stereocenters. The Kier molecular flexibility index (Phi) is 7.14. The van der Waals surface area contributed by atoms with E-state index in [4.69, 9.17) is 11.6 Å². The van der Waals surface area contributed by atoms with Crippen molar-refractivity contribution in [3.63, 3.8) is 0 Å². The van der Waals surface area contributed by atoms with Crippen molar-refractivity contribution in [1.29, 1.82) is 0 Å². The average molecular weight is 498 g/mol. The van der Waals surface area contributed by atoms with Crippen molar-refractivity contribution in [2.75, 3.05) is 41.9 Å². The normalized spacial score (nSPS) is 14.2. The second-order valence-corrected chi connectivity index (χ2v) is 10.8. The lowest BCUT2D eigenvalue weighted by atomic mass is 10.1. The van der Waals surface area contributed by atoms with Crippen molar-refractivity contribution >= 4 is 38.9 Å². The molecule has 1 fully saturated rings. The van der Waals surface area contributed by atoms with Gasteiger partial charge in [0.2, 0.25) is 5.91 Å². The summed E-state index contributed by atoms with van der Waals surface area (Å²) in [5.41, 5.74) is 3.67. The lowest BCUT2D eigenvalue weighted by Gasteiger charge is -2.37. The molecule has 0 spiro atoms. The molecule has 178 valence electrons. The molecule has 1 amide bonds. The van der Waals surface area contributed by atoms with Gasteiger partial charge in [0, 0.05) is 36.9 Å². The van der Waals surface area contributed by atoms with Crippen LogP contribution in [0.15, 0.2) is 77.7 Å². The number of hydrogen-bond acceptors (Lipinski definition) is 4. The third kappa shape index (κ3) is 5.21. The summed E-state index contributed by atoms with van der Waals surface area (Å²) in [6.45, 7) is 6.06. The molecule has 0 bridgehead atoms. The van der Waals surface area contributed by atoms with Crippen LogP contribution in [0.3, 0.4) is 0 Å². The van der Waals surface area contributed by atoms with E-state index in [1.807, 2.05) is 44.2 Å². The second-order valence-electron chi connectivity index (χ2n) is 8.46. The number of rotatable bonds is 6. The molecule has 1 aliphatic rings. The minimum Gasteiger partial charge on any atom is -0.368 e. The van der Waals surface area contributed by atoms with Gasteiger partial charge < -0.3 is 9.80 Å². The highest BCUT2D eigenvalue weighted by atomic mass is 35.5. The van der Waals surface area contributed by atoms with E-state index in [0.29, 0.717) is 36.9 Å². The van der Waals surface area contributed by atoms with Gasteiger partial charge in [-0.3, -0.25) is 9.10 Å². The molecule has 0 radical (unpaired) electrons. The Balaban J connectivity index is 1.52. The summed E-state index contributed by atoms with van der Waals surface area (Å²) in [4.78, 5) is 17.4. The van der Waals surface area contributed by atoms with Gasteiger partial charge in [0.15, 0.2) is 0 Å². The monoisotopic (exact) mass is 497 g/mol. The minimum absolute atomic E-state index is 0.157. The van der Waals surface area contributed by atoms with E-state index >= 15 is 0 Å². The third-order valence-corrected chi connectivity index (χ3v) is 8.10. The van der Waals surface area contributed by atoms with Crippen molar-refractivity contribution in [2.24, 2.45) is 0 Å². The number of carbonyl (C=O) groups is 1. The van der Waals surface area contributed by atoms with Crippen LogP contribution in [-0.2, 0) is 14.8 Å². The van der Waals surface area contributed by atoms with Crippen LogP contribution in [0.4, 0.5) is 11.4 Å². The quantitative estimate of drug-likeness (QED) is 0.503. The molecule has 0 atom stereocenters. The molecule has 0 aliphatic carbocycles. The predicted molar refractivity (Wildman–Crippen MR) is 137 cm³/mol.